The third-order valence-corrected chi connectivity index (χ3v) is 1.09. The van der Waals surface area contributed by atoms with Crippen molar-refractivity contribution in [2.24, 2.45) is 0 Å². The van der Waals surface area contributed by atoms with E-state index in [0.717, 1.165) is 0 Å². The summed E-state index contributed by atoms with van der Waals surface area (Å²) in [7, 11) is 5.11. The van der Waals surface area contributed by atoms with Crippen LogP contribution in [0.4, 0.5) is 4.79 Å². The molecule has 2 radical (unpaired) electrons. The fourth-order valence-electron chi connectivity index (χ4n) is 0.625. The third kappa shape index (κ3) is 1.04. The molecule has 0 aromatic heterocycles. The van der Waals surface area contributed by atoms with Gasteiger partial charge in [0.2, 0.25) is 5.91 Å². The zero-order valence-electron chi connectivity index (χ0n) is 4.68. The van der Waals surface area contributed by atoms with Gasteiger partial charge in [-0.2, -0.15) is 0 Å². The molecule has 1 rings (SSSR count). The Labute approximate surface area is 53.4 Å². The summed E-state index contributed by atoms with van der Waals surface area (Å²) >= 11 is 0. The molecule has 0 aliphatic carbocycles. The quantitative estimate of drug-likeness (QED) is 0.340. The second-order valence-corrected chi connectivity index (χ2v) is 1.75. The molecule has 1 heterocycles. The summed E-state index contributed by atoms with van der Waals surface area (Å²) in [6.07, 6.45) is 0.150. The van der Waals surface area contributed by atoms with Crippen LogP contribution < -0.4 is 10.6 Å². The summed E-state index contributed by atoms with van der Waals surface area (Å²) < 4.78 is 0. The van der Waals surface area contributed by atoms with E-state index in [1.165, 1.54) is 0 Å². The van der Waals surface area contributed by atoms with Gasteiger partial charge in [-0.3, -0.25) is 10.1 Å². The summed E-state index contributed by atoms with van der Waals surface area (Å²) in [5.41, 5.74) is 0. The minimum atomic E-state index is -0.530. The topological polar surface area (TPSA) is 58.2 Å². The van der Waals surface area contributed by atoms with Crippen LogP contribution in [-0.4, -0.2) is 25.8 Å². The maximum atomic E-state index is 10.5. The van der Waals surface area contributed by atoms with Crippen LogP contribution in [0.2, 0.25) is 6.32 Å². The lowest BCUT2D eigenvalue weighted by Crippen LogP contribution is -2.27. The second kappa shape index (κ2) is 2.09. The molecule has 0 saturated carbocycles. The molecule has 3 amide bonds. The van der Waals surface area contributed by atoms with E-state index in [-0.39, 0.29) is 12.2 Å². The summed E-state index contributed by atoms with van der Waals surface area (Å²) in [5, 5.41) is 4.38. The first-order valence-electron chi connectivity index (χ1n) is 2.55. The summed E-state index contributed by atoms with van der Waals surface area (Å²) in [5.74, 6) is -0.345. The molecular weight excluding hydrogens is 119 g/mol. The molecule has 46 valence electrons. The number of hydrogen-bond acceptors (Lipinski definition) is 2. The minimum Gasteiger partial charge on any atom is -0.327 e. The third-order valence-electron chi connectivity index (χ3n) is 1.09. The molecular formula is C4H5BN2O2. The van der Waals surface area contributed by atoms with Crippen molar-refractivity contribution < 1.29 is 9.59 Å². The Hall–Kier alpha value is -0.995. The molecule has 0 spiro atoms. The van der Waals surface area contributed by atoms with Gasteiger partial charge in [0, 0.05) is 0 Å². The summed E-state index contributed by atoms with van der Waals surface area (Å²) in [6.45, 7) is 0. The number of nitrogens with one attached hydrogen (secondary N) is 2. The van der Waals surface area contributed by atoms with E-state index in [4.69, 9.17) is 7.85 Å². The largest absolute Gasteiger partial charge is 0.327 e. The molecule has 2 N–H and O–H groups in total. The van der Waals surface area contributed by atoms with E-state index in [2.05, 4.69) is 5.32 Å². The lowest BCUT2D eigenvalue weighted by atomic mass is 9.98. The van der Waals surface area contributed by atoms with Gasteiger partial charge in [0.05, 0.1) is 7.85 Å². The van der Waals surface area contributed by atoms with Crippen LogP contribution in [-0.2, 0) is 4.79 Å². The van der Waals surface area contributed by atoms with Crippen LogP contribution in [0.25, 0.3) is 0 Å². The fourth-order valence-corrected chi connectivity index (χ4v) is 0.625. The minimum absolute atomic E-state index is 0.150. The number of imide groups is 1. The first kappa shape index (κ1) is 6.13. The van der Waals surface area contributed by atoms with Crippen LogP contribution in [0.15, 0.2) is 0 Å². The zero-order valence-corrected chi connectivity index (χ0v) is 4.68. The normalized spacial score (nSPS) is 25.6. The average Bonchev–Trinajstić information content (AvgIpc) is 2.10. The maximum absolute atomic E-state index is 10.5. The van der Waals surface area contributed by atoms with Crippen molar-refractivity contribution in [2.75, 3.05) is 0 Å². The predicted molar refractivity (Wildman–Crippen MR) is 31.0 cm³/mol. The molecule has 0 bridgehead atoms. The van der Waals surface area contributed by atoms with E-state index in [1.54, 1.807) is 0 Å². The van der Waals surface area contributed by atoms with Crippen molar-refractivity contribution in [3.05, 3.63) is 0 Å². The number of rotatable bonds is 1. The van der Waals surface area contributed by atoms with Crippen LogP contribution in [0.1, 0.15) is 0 Å². The number of urea groups is 1. The van der Waals surface area contributed by atoms with Crippen molar-refractivity contribution in [2.45, 2.75) is 12.4 Å². The number of amides is 3. The van der Waals surface area contributed by atoms with E-state index in [0.29, 0.717) is 0 Å². The SMILES string of the molecule is [B]C[C@@H]1NC(=O)NC1=O. The van der Waals surface area contributed by atoms with Gasteiger partial charge in [0.15, 0.2) is 0 Å². The molecule has 0 aromatic carbocycles. The van der Waals surface area contributed by atoms with Gasteiger partial charge in [-0.1, -0.05) is 6.32 Å². The monoisotopic (exact) mass is 124 g/mol. The van der Waals surface area contributed by atoms with Crippen molar-refractivity contribution in [1.29, 1.82) is 0 Å². The lowest BCUT2D eigenvalue weighted by Gasteiger charge is -1.98. The Morgan fingerprint density at radius 3 is 2.44 bits per heavy atom. The Kier molecular flexibility index (Phi) is 1.42. The molecule has 1 aliphatic heterocycles. The first-order valence-corrected chi connectivity index (χ1v) is 2.55. The molecule has 9 heavy (non-hydrogen) atoms. The number of carbonyl (C=O) groups is 2. The van der Waals surface area contributed by atoms with Crippen molar-refractivity contribution in [3.63, 3.8) is 0 Å². The highest BCUT2D eigenvalue weighted by molar-refractivity contribution is 6.14. The van der Waals surface area contributed by atoms with Gasteiger partial charge >= 0.3 is 6.03 Å². The molecule has 0 unspecified atom stereocenters. The molecule has 1 fully saturated rings. The molecule has 1 saturated heterocycles. The summed E-state index contributed by atoms with van der Waals surface area (Å²) in [6, 6.07) is -0.993. The smallest absolute Gasteiger partial charge is 0.322 e. The molecule has 0 aromatic rings. The summed E-state index contributed by atoms with van der Waals surface area (Å²) in [4.78, 5) is 20.9. The lowest BCUT2D eigenvalue weighted by molar-refractivity contribution is -0.119. The van der Waals surface area contributed by atoms with Gasteiger partial charge in [-0.15, -0.1) is 0 Å². The van der Waals surface area contributed by atoms with Gasteiger partial charge in [0.25, 0.3) is 0 Å². The standard InChI is InChI=1S/C4H5BN2O2/c5-1-2-3(8)7-4(9)6-2/h2H,1H2,(H2,6,7,8,9)/t2-/m0/s1. The number of carbonyl (C=O) groups excluding carboxylic acids is 2. The van der Waals surface area contributed by atoms with Crippen molar-refractivity contribution in [1.82, 2.24) is 10.6 Å². The van der Waals surface area contributed by atoms with Gasteiger partial charge in [-0.05, 0) is 0 Å². The van der Waals surface area contributed by atoms with E-state index >= 15 is 0 Å². The molecule has 1 aliphatic rings. The predicted octanol–water partition coefficient (Wildman–Crippen LogP) is -1.22. The Balaban J connectivity index is 2.58. The zero-order chi connectivity index (χ0) is 6.85. The fraction of sp³-hybridized carbons (Fsp3) is 0.500. The average molecular weight is 124 g/mol. The van der Waals surface area contributed by atoms with Crippen molar-refractivity contribution in [3.8, 4) is 0 Å². The second-order valence-electron chi connectivity index (χ2n) is 1.75. The molecule has 4 nitrogen and oxygen atoms in total. The molecule has 5 heteroatoms. The maximum Gasteiger partial charge on any atom is 0.322 e. The Bertz CT molecular complexity index is 159. The van der Waals surface area contributed by atoms with E-state index in [9.17, 15) is 9.59 Å². The van der Waals surface area contributed by atoms with E-state index in [1.807, 2.05) is 5.32 Å². The first-order chi connectivity index (χ1) is 4.24. The Morgan fingerprint density at radius 1 is 1.56 bits per heavy atom. The molecule has 1 atom stereocenters. The highest BCUT2D eigenvalue weighted by Crippen LogP contribution is 1.94. The van der Waals surface area contributed by atoms with Crippen LogP contribution >= 0.6 is 0 Å². The highest BCUT2D eigenvalue weighted by atomic mass is 16.2. The van der Waals surface area contributed by atoms with Crippen LogP contribution in [0.3, 0.4) is 0 Å². The van der Waals surface area contributed by atoms with Gasteiger partial charge in [0.1, 0.15) is 6.04 Å². The Morgan fingerprint density at radius 2 is 2.22 bits per heavy atom. The van der Waals surface area contributed by atoms with Gasteiger partial charge in [-0.25, -0.2) is 4.79 Å². The number of hydrogen-bond donors (Lipinski definition) is 2. The highest BCUT2D eigenvalue weighted by Gasteiger charge is 2.26. The van der Waals surface area contributed by atoms with Crippen LogP contribution in [0.5, 0.6) is 0 Å². The van der Waals surface area contributed by atoms with Crippen LogP contribution in [0, 0.1) is 0 Å². The van der Waals surface area contributed by atoms with Gasteiger partial charge < -0.3 is 5.32 Å². The van der Waals surface area contributed by atoms with Crippen molar-refractivity contribution >= 4 is 19.8 Å². The van der Waals surface area contributed by atoms with E-state index < -0.39 is 12.1 Å².